The fraction of sp³-hybridized carbons (Fsp3) is 0.586. The largest absolute Gasteiger partial charge is 0.481 e. The monoisotopic (exact) mass is 1230 g/mol. The van der Waals surface area contributed by atoms with Crippen molar-refractivity contribution in [2.75, 3.05) is 50.1 Å². The number of unbranched alkanes of at least 4 members (excludes halogenated alkanes) is 12. The third-order valence-electron chi connectivity index (χ3n) is 15.9. The van der Waals surface area contributed by atoms with Gasteiger partial charge in [-0.1, -0.05) is 64.2 Å². The van der Waals surface area contributed by atoms with Crippen molar-refractivity contribution < 1.29 is 50.7 Å². The van der Waals surface area contributed by atoms with Crippen molar-refractivity contribution in [2.24, 2.45) is 27.2 Å². The van der Waals surface area contributed by atoms with Gasteiger partial charge in [-0.05, 0) is 149 Å². The van der Waals surface area contributed by atoms with Crippen molar-refractivity contribution in [1.82, 2.24) is 25.4 Å². The summed E-state index contributed by atoms with van der Waals surface area (Å²) in [4.78, 5) is 82.1. The molecule has 2 spiro atoms. The van der Waals surface area contributed by atoms with Gasteiger partial charge in [0.2, 0.25) is 26.0 Å². The summed E-state index contributed by atoms with van der Waals surface area (Å²) in [7, 11) is -4.25. The van der Waals surface area contributed by atoms with E-state index in [0.29, 0.717) is 68.0 Å². The fourth-order valence-corrected chi connectivity index (χ4v) is 13.1. The second kappa shape index (κ2) is 32.9. The Kier molecular flexibility index (Phi) is 28.2. The third kappa shape index (κ3) is 20.5. The summed E-state index contributed by atoms with van der Waals surface area (Å²) >= 11 is 0. The van der Waals surface area contributed by atoms with Gasteiger partial charge in [0.05, 0.1) is 0 Å². The Hall–Kier alpha value is -6.25. The highest BCUT2D eigenvalue weighted by Crippen LogP contribution is 2.35. The summed E-state index contributed by atoms with van der Waals surface area (Å²) in [5.74, 6) is 0.110. The SMILES string of the molecule is Cc1cc(N(C)C(N)=O)cc(C)c1/C=C/S(=O)(=O)N1CCC2(CC1)N=C(CCCCCCCCCC(=O)O)NC2=O.Cc1cc(N(C)C(N)=O)cc(C)c1/C=C/S(=O)(=O)N1CCC2(CC1)N=C(CCCCCCCCCC(N)=O)NC2=O.Cl.N. The average molecular weight is 1230 g/mol. The number of carbonyl (C=O) groups is 6. The predicted molar refractivity (Wildman–Crippen MR) is 334 cm³/mol. The first kappa shape index (κ1) is 72.0. The fourth-order valence-electron chi connectivity index (χ4n) is 10.8. The molecule has 0 atom stereocenters. The van der Waals surface area contributed by atoms with Gasteiger partial charge < -0.3 is 39.1 Å². The molecule has 23 nitrogen and oxygen atoms in total. The number of carboxylic acid groups (broad SMARTS) is 1. The van der Waals surface area contributed by atoms with E-state index in [1.165, 1.54) is 29.2 Å². The van der Waals surface area contributed by atoms with Crippen LogP contribution in [0, 0.1) is 27.7 Å². The number of benzene rings is 2. The van der Waals surface area contributed by atoms with E-state index in [2.05, 4.69) is 10.6 Å². The third-order valence-corrected chi connectivity index (χ3v) is 19.1. The van der Waals surface area contributed by atoms with Crippen LogP contribution in [0.5, 0.6) is 0 Å². The molecule has 0 aromatic heterocycles. The summed E-state index contributed by atoms with van der Waals surface area (Å²) in [6.45, 7) is 8.25. The zero-order chi connectivity index (χ0) is 60.4. The maximum Gasteiger partial charge on any atom is 0.318 e. The van der Waals surface area contributed by atoms with Crippen molar-refractivity contribution in [1.29, 1.82) is 0 Å². The number of primary amides is 3. The molecule has 2 aromatic carbocycles. The highest BCUT2D eigenvalue weighted by molar-refractivity contribution is 7.92. The topological polar surface area (TPSA) is 366 Å². The van der Waals surface area contributed by atoms with Gasteiger partial charge in [-0.3, -0.25) is 39.0 Å². The number of rotatable bonds is 28. The van der Waals surface area contributed by atoms with E-state index >= 15 is 0 Å². The molecular weight excluding hydrogens is 1140 g/mol. The van der Waals surface area contributed by atoms with Crippen LogP contribution in [0.15, 0.2) is 45.1 Å². The Balaban J connectivity index is 0.000000430. The first-order valence-corrected chi connectivity index (χ1v) is 31.7. The van der Waals surface area contributed by atoms with Crippen LogP contribution in [0.25, 0.3) is 12.2 Å². The molecule has 2 aromatic rings. The van der Waals surface area contributed by atoms with E-state index in [9.17, 15) is 45.6 Å². The number of nitrogens with zero attached hydrogens (tertiary/aromatic N) is 6. The van der Waals surface area contributed by atoms with E-state index in [0.717, 1.165) is 123 Å². The number of aliphatic carboxylic acids is 1. The maximum absolute atomic E-state index is 13.1. The van der Waals surface area contributed by atoms with E-state index in [1.54, 1.807) is 50.5 Å². The van der Waals surface area contributed by atoms with Gasteiger partial charge >= 0.3 is 18.0 Å². The second-order valence-electron chi connectivity index (χ2n) is 22.2. The number of nitrogens with one attached hydrogen (secondary N) is 2. The Labute approximate surface area is 502 Å². The van der Waals surface area contributed by atoms with Gasteiger partial charge in [0.15, 0.2) is 0 Å². The molecule has 0 unspecified atom stereocenters. The van der Waals surface area contributed by atoms with Crippen LogP contribution in [0.1, 0.15) is 175 Å². The first-order valence-electron chi connectivity index (χ1n) is 28.6. The minimum Gasteiger partial charge on any atom is -0.481 e. The Morgan fingerprint density at radius 2 is 0.857 bits per heavy atom. The van der Waals surface area contributed by atoms with Gasteiger partial charge in [0.1, 0.15) is 22.7 Å². The number of amidine groups is 2. The number of aliphatic imine (C=N–C) groups is 2. The number of urea groups is 2. The lowest BCUT2D eigenvalue weighted by Crippen LogP contribution is -2.50. The molecule has 6 rings (SSSR count). The van der Waals surface area contributed by atoms with Crippen molar-refractivity contribution in [2.45, 2.75) is 180 Å². The molecule has 84 heavy (non-hydrogen) atoms. The molecule has 0 radical (unpaired) electrons. The molecule has 0 aliphatic carbocycles. The van der Waals surface area contributed by atoms with Crippen LogP contribution >= 0.6 is 12.4 Å². The average Bonchev–Trinajstić information content (AvgIpc) is 3.89. The highest BCUT2D eigenvalue weighted by Gasteiger charge is 2.48. The Morgan fingerprint density at radius 3 is 1.15 bits per heavy atom. The molecule has 0 saturated carbocycles. The normalized spacial score (nSPS) is 16.7. The van der Waals surface area contributed by atoms with Gasteiger partial charge in [-0.15, -0.1) is 12.4 Å². The van der Waals surface area contributed by atoms with Gasteiger partial charge in [-0.25, -0.2) is 26.4 Å². The lowest BCUT2D eigenvalue weighted by molar-refractivity contribution is -0.137. The first-order chi connectivity index (χ1) is 38.7. The lowest BCUT2D eigenvalue weighted by atomic mass is 9.89. The number of carboxylic acids is 1. The number of carbonyl (C=O) groups excluding carboxylic acids is 5. The molecule has 4 aliphatic heterocycles. The zero-order valence-corrected chi connectivity index (χ0v) is 52.3. The van der Waals surface area contributed by atoms with Crippen LogP contribution in [0.3, 0.4) is 0 Å². The highest BCUT2D eigenvalue weighted by atomic mass is 35.5. The van der Waals surface area contributed by atoms with Crippen LogP contribution in [-0.4, -0.2) is 129 Å². The summed E-state index contributed by atoms with van der Waals surface area (Å²) < 4.78 is 55.3. The minimum atomic E-state index is -3.71. The molecule has 4 aliphatic rings. The minimum absolute atomic E-state index is 0. The number of halogens is 1. The number of aryl methyl sites for hydroxylation is 4. The van der Waals surface area contributed by atoms with Gasteiger partial charge in [0.25, 0.3) is 11.8 Å². The van der Waals surface area contributed by atoms with Crippen LogP contribution in [0.4, 0.5) is 21.0 Å². The summed E-state index contributed by atoms with van der Waals surface area (Å²) in [5.41, 5.74) is 20.2. The smallest absolute Gasteiger partial charge is 0.318 e. The molecule has 26 heteroatoms. The van der Waals surface area contributed by atoms with Gasteiger partial charge in [0, 0.05) is 88.1 Å². The van der Waals surface area contributed by atoms with Crippen molar-refractivity contribution in [3.63, 3.8) is 0 Å². The summed E-state index contributed by atoms with van der Waals surface area (Å²) in [6, 6.07) is 5.99. The summed E-state index contributed by atoms with van der Waals surface area (Å²) in [5, 5.41) is 16.9. The number of anilines is 2. The second-order valence-corrected chi connectivity index (χ2v) is 25.8. The van der Waals surface area contributed by atoms with Crippen LogP contribution in [-0.2, 0) is 39.2 Å². The van der Waals surface area contributed by atoms with E-state index < -0.39 is 49.2 Å². The Morgan fingerprint density at radius 1 is 0.560 bits per heavy atom. The van der Waals surface area contributed by atoms with E-state index in [1.807, 2.05) is 27.7 Å². The molecule has 0 bridgehead atoms. The number of hydrogen-bond acceptors (Lipinski definition) is 13. The van der Waals surface area contributed by atoms with Crippen molar-refractivity contribution >= 4 is 103 Å². The van der Waals surface area contributed by atoms with Gasteiger partial charge in [-0.2, -0.15) is 8.61 Å². The van der Waals surface area contributed by atoms with Crippen molar-refractivity contribution in [3.05, 3.63) is 68.5 Å². The molecular formula is C58H91ClN12O11S2. The zero-order valence-electron chi connectivity index (χ0n) is 49.9. The molecule has 468 valence electrons. The van der Waals surface area contributed by atoms with E-state index in [-0.39, 0.29) is 68.9 Å². The quantitative estimate of drug-likeness (QED) is 0.0397. The van der Waals surface area contributed by atoms with Crippen LogP contribution in [0.2, 0.25) is 0 Å². The molecule has 2 saturated heterocycles. The number of hydrogen-bond donors (Lipinski definition) is 7. The maximum atomic E-state index is 13.1. The summed E-state index contributed by atoms with van der Waals surface area (Å²) in [6.07, 6.45) is 20.4. The van der Waals surface area contributed by atoms with E-state index in [4.69, 9.17) is 32.3 Å². The number of sulfonamides is 2. The standard InChI is InChI=1S/C29H44N6O5S.C29H43N5O6S.ClH.H3N/c1-21-19-23(34(3)28(31)38)20-22(2)24(21)13-18-41(39,40)35-16-14-29(15-17-35)27(37)32-26(33-29)12-10-8-6-4-5-7-9-11-25(30)36;1-21-19-23(33(3)28(30)38)20-22(2)24(21)13-18-41(39,40)34-16-14-29(15-17-34)27(37)31-25(32-29)11-9-7-5-4-6-8-10-12-26(35)36;;/h13,18-20H,4-12,14-17H2,1-3H3,(H2,30,36)(H2,31,38)(H,32,33,37);13,18-20H,4-12,14-17H2,1-3H3,(H2,30,38)(H,35,36)(H,31,32,37);1H;1H3/b2*18-13+;;. The molecule has 7 amide bonds. The van der Waals surface area contributed by atoms with Crippen molar-refractivity contribution in [3.8, 4) is 0 Å². The predicted octanol–water partition coefficient (Wildman–Crippen LogP) is 8.14. The Bertz CT molecular complexity index is 2760. The number of nitrogens with two attached hydrogens (primary N) is 3. The lowest BCUT2D eigenvalue weighted by Gasteiger charge is -2.34. The molecule has 12 N–H and O–H groups in total. The number of amides is 7. The molecule has 4 heterocycles. The van der Waals surface area contributed by atoms with Crippen LogP contribution < -0.4 is 43.8 Å². The molecule has 2 fully saturated rings. The number of piperidine rings is 2.